The molecular weight excluding hydrogens is 196 g/mol. The lowest BCUT2D eigenvalue weighted by Gasteiger charge is -2.30. The summed E-state index contributed by atoms with van der Waals surface area (Å²) in [5, 5.41) is 13.0. The molecule has 0 spiro atoms. The van der Waals surface area contributed by atoms with E-state index in [1.165, 1.54) is 0 Å². The summed E-state index contributed by atoms with van der Waals surface area (Å²) in [5.41, 5.74) is 3.96. The van der Waals surface area contributed by atoms with E-state index in [9.17, 15) is 9.90 Å². The van der Waals surface area contributed by atoms with Crippen molar-refractivity contribution in [1.82, 2.24) is 5.32 Å². The first-order chi connectivity index (χ1) is 6.75. The first kappa shape index (κ1) is 12.4. The smallest absolute Gasteiger partial charge is 0.326 e. The van der Waals surface area contributed by atoms with Crippen LogP contribution in [0, 0.1) is 0 Å². The molecule has 0 saturated carbocycles. The Hall–Kier alpha value is -0.650. The van der Waals surface area contributed by atoms with Crippen LogP contribution in [0.3, 0.4) is 0 Å². The zero-order valence-corrected chi connectivity index (χ0v) is 9.54. The molecule has 2 atom stereocenters. The predicted octanol–water partition coefficient (Wildman–Crippen LogP) is -0.620. The normalized spacial score (nSPS) is 28.9. The standard InChI is InChI=1S/C10H20N2O3/c1-9(2,3)15-8(13)7(11)10(14)4-5-12-6-10/h7,12,14H,4-6,11H2,1-3H3/t7-,10+/m0/s1. The van der Waals surface area contributed by atoms with Crippen LogP contribution in [0.4, 0.5) is 0 Å². The number of esters is 1. The highest BCUT2D eigenvalue weighted by Crippen LogP contribution is 2.20. The third-order valence-electron chi connectivity index (χ3n) is 2.41. The van der Waals surface area contributed by atoms with Gasteiger partial charge in [-0.2, -0.15) is 0 Å². The number of hydrogen-bond donors (Lipinski definition) is 3. The van der Waals surface area contributed by atoms with Gasteiger partial charge >= 0.3 is 5.97 Å². The van der Waals surface area contributed by atoms with Crippen LogP contribution >= 0.6 is 0 Å². The molecular formula is C10H20N2O3. The summed E-state index contributed by atoms with van der Waals surface area (Å²) in [6, 6.07) is -0.980. The minimum absolute atomic E-state index is 0.341. The van der Waals surface area contributed by atoms with E-state index in [-0.39, 0.29) is 0 Å². The average molecular weight is 216 g/mol. The topological polar surface area (TPSA) is 84.6 Å². The van der Waals surface area contributed by atoms with Crippen LogP contribution in [-0.2, 0) is 9.53 Å². The van der Waals surface area contributed by atoms with Crippen molar-refractivity contribution >= 4 is 5.97 Å². The molecule has 1 rings (SSSR count). The maximum absolute atomic E-state index is 11.6. The first-order valence-electron chi connectivity index (χ1n) is 5.16. The summed E-state index contributed by atoms with van der Waals surface area (Å²) < 4.78 is 5.13. The second-order valence-electron chi connectivity index (χ2n) is 5.04. The van der Waals surface area contributed by atoms with Crippen LogP contribution in [0.1, 0.15) is 27.2 Å². The molecule has 1 fully saturated rings. The summed E-state index contributed by atoms with van der Waals surface area (Å²) in [6.45, 7) is 6.33. The van der Waals surface area contributed by atoms with Crippen molar-refractivity contribution in [3.05, 3.63) is 0 Å². The Bertz CT molecular complexity index is 242. The summed E-state index contributed by atoms with van der Waals surface area (Å²) in [5.74, 6) is -0.547. The van der Waals surface area contributed by atoms with Crippen LogP contribution < -0.4 is 11.1 Å². The fourth-order valence-corrected chi connectivity index (χ4v) is 1.55. The summed E-state index contributed by atoms with van der Waals surface area (Å²) in [6.07, 6.45) is 0.480. The van der Waals surface area contributed by atoms with E-state index in [0.29, 0.717) is 19.5 Å². The fourth-order valence-electron chi connectivity index (χ4n) is 1.55. The zero-order chi connectivity index (χ0) is 11.7. The van der Waals surface area contributed by atoms with Crippen LogP contribution in [0.25, 0.3) is 0 Å². The molecule has 1 heterocycles. The van der Waals surface area contributed by atoms with Gasteiger partial charge in [0, 0.05) is 6.54 Å². The molecule has 0 amide bonds. The molecule has 0 aromatic heterocycles. The number of β-amino-alcohol motifs (C(OH)–C–C–N with tert-alkyl or cyclic N) is 1. The number of rotatable bonds is 2. The number of hydrogen-bond acceptors (Lipinski definition) is 5. The molecule has 0 aromatic carbocycles. The zero-order valence-electron chi connectivity index (χ0n) is 9.54. The highest BCUT2D eigenvalue weighted by Gasteiger charge is 2.43. The largest absolute Gasteiger partial charge is 0.459 e. The Balaban J connectivity index is 2.60. The molecule has 1 aliphatic rings. The number of nitrogens with one attached hydrogen (secondary N) is 1. The first-order valence-corrected chi connectivity index (χ1v) is 5.16. The highest BCUT2D eigenvalue weighted by molar-refractivity contribution is 5.77. The molecule has 5 heteroatoms. The van der Waals surface area contributed by atoms with Gasteiger partial charge in [0.2, 0.25) is 0 Å². The molecule has 1 aliphatic heterocycles. The van der Waals surface area contributed by atoms with Gasteiger partial charge in [0.05, 0.1) is 0 Å². The lowest BCUT2D eigenvalue weighted by Crippen LogP contribution is -2.55. The van der Waals surface area contributed by atoms with Crippen molar-refractivity contribution in [3.63, 3.8) is 0 Å². The average Bonchev–Trinajstić information content (AvgIpc) is 2.49. The third-order valence-corrected chi connectivity index (χ3v) is 2.41. The van der Waals surface area contributed by atoms with Gasteiger partial charge in [-0.05, 0) is 33.7 Å². The van der Waals surface area contributed by atoms with E-state index >= 15 is 0 Å². The monoisotopic (exact) mass is 216 g/mol. The maximum atomic E-state index is 11.6. The van der Waals surface area contributed by atoms with Gasteiger partial charge in [0.15, 0.2) is 0 Å². The van der Waals surface area contributed by atoms with Crippen molar-refractivity contribution in [2.45, 2.75) is 44.4 Å². The Morgan fingerprint density at radius 1 is 1.60 bits per heavy atom. The highest BCUT2D eigenvalue weighted by atomic mass is 16.6. The van der Waals surface area contributed by atoms with Crippen LogP contribution in [0.15, 0.2) is 0 Å². The van der Waals surface area contributed by atoms with E-state index < -0.39 is 23.2 Å². The lowest BCUT2D eigenvalue weighted by molar-refractivity contribution is -0.162. The molecule has 4 N–H and O–H groups in total. The molecule has 0 unspecified atom stereocenters. The Morgan fingerprint density at radius 2 is 2.20 bits per heavy atom. The van der Waals surface area contributed by atoms with Crippen LogP contribution in [0.5, 0.6) is 0 Å². The molecule has 0 aliphatic carbocycles. The van der Waals surface area contributed by atoms with Crippen molar-refractivity contribution in [2.24, 2.45) is 5.73 Å². The van der Waals surface area contributed by atoms with Crippen molar-refractivity contribution in [3.8, 4) is 0 Å². The number of aliphatic hydroxyl groups is 1. The second-order valence-corrected chi connectivity index (χ2v) is 5.04. The molecule has 1 saturated heterocycles. The predicted molar refractivity (Wildman–Crippen MR) is 56.3 cm³/mol. The fraction of sp³-hybridized carbons (Fsp3) is 0.900. The quantitative estimate of drug-likeness (QED) is 0.536. The molecule has 0 aromatic rings. The van der Waals surface area contributed by atoms with Crippen molar-refractivity contribution in [1.29, 1.82) is 0 Å². The van der Waals surface area contributed by atoms with Gasteiger partial charge in [0.25, 0.3) is 0 Å². The molecule has 0 bridgehead atoms. The van der Waals surface area contributed by atoms with E-state index in [0.717, 1.165) is 0 Å². The number of carbonyl (C=O) groups is 1. The Labute approximate surface area is 90.0 Å². The van der Waals surface area contributed by atoms with Gasteiger partial charge in [-0.15, -0.1) is 0 Å². The van der Waals surface area contributed by atoms with Gasteiger partial charge in [-0.25, -0.2) is 0 Å². The molecule has 5 nitrogen and oxygen atoms in total. The minimum Gasteiger partial charge on any atom is -0.459 e. The van der Waals surface area contributed by atoms with E-state index in [4.69, 9.17) is 10.5 Å². The Kier molecular flexibility index (Phi) is 3.38. The third kappa shape index (κ3) is 3.15. The van der Waals surface area contributed by atoms with E-state index in [1.54, 1.807) is 20.8 Å². The molecule has 88 valence electrons. The van der Waals surface area contributed by atoms with Gasteiger partial charge in [0.1, 0.15) is 17.2 Å². The molecule has 15 heavy (non-hydrogen) atoms. The van der Waals surface area contributed by atoms with Gasteiger partial charge in [-0.1, -0.05) is 0 Å². The van der Waals surface area contributed by atoms with E-state index in [1.807, 2.05) is 0 Å². The lowest BCUT2D eigenvalue weighted by atomic mass is 9.94. The van der Waals surface area contributed by atoms with Gasteiger partial charge < -0.3 is 20.9 Å². The minimum atomic E-state index is -1.16. The summed E-state index contributed by atoms with van der Waals surface area (Å²) in [4.78, 5) is 11.6. The number of nitrogens with two attached hydrogens (primary N) is 1. The number of carbonyl (C=O) groups excluding carboxylic acids is 1. The van der Waals surface area contributed by atoms with Crippen LogP contribution in [0.2, 0.25) is 0 Å². The Morgan fingerprint density at radius 3 is 2.60 bits per heavy atom. The van der Waals surface area contributed by atoms with Crippen LogP contribution in [-0.4, -0.2) is 41.4 Å². The van der Waals surface area contributed by atoms with E-state index in [2.05, 4.69) is 5.32 Å². The second kappa shape index (κ2) is 4.08. The molecule has 0 radical (unpaired) electrons. The van der Waals surface area contributed by atoms with Crippen molar-refractivity contribution in [2.75, 3.05) is 13.1 Å². The SMILES string of the molecule is CC(C)(C)OC(=O)[C@H](N)[C@@]1(O)CCNC1. The summed E-state index contributed by atoms with van der Waals surface area (Å²) in [7, 11) is 0. The van der Waals surface area contributed by atoms with Crippen molar-refractivity contribution < 1.29 is 14.6 Å². The maximum Gasteiger partial charge on any atom is 0.326 e. The van der Waals surface area contributed by atoms with Gasteiger partial charge in [-0.3, -0.25) is 4.79 Å². The summed E-state index contributed by atoms with van der Waals surface area (Å²) >= 11 is 0. The number of ether oxygens (including phenoxy) is 1.